The molecular weight excluding hydrogens is 322 g/mol. The molecule has 0 aromatic carbocycles. The molecule has 1 atom stereocenters. The minimum Gasteiger partial charge on any atom is -0.378 e. The molecule has 0 radical (unpaired) electrons. The number of anilines is 3. The lowest BCUT2D eigenvalue weighted by Crippen LogP contribution is -2.47. The normalized spacial score (nSPS) is 22.2. The fourth-order valence-electron chi connectivity index (χ4n) is 3.63. The second kappa shape index (κ2) is 7.38. The Morgan fingerprint density at radius 2 is 1.92 bits per heavy atom. The average Bonchev–Trinajstić information content (AvgIpc) is 2.60. The van der Waals surface area contributed by atoms with Crippen LogP contribution in [-0.4, -0.2) is 65.6 Å². The number of nitrogen functional groups attached to an aromatic ring is 1. The predicted octanol–water partition coefficient (Wildman–Crippen LogP) is 1.35. The monoisotopic (exact) mass is 349 g/mol. The van der Waals surface area contributed by atoms with Crippen molar-refractivity contribution in [2.45, 2.75) is 26.7 Å². The Morgan fingerprint density at radius 1 is 1.20 bits per heavy atom. The highest BCUT2D eigenvalue weighted by Crippen LogP contribution is 2.35. The van der Waals surface area contributed by atoms with Crippen LogP contribution in [0.3, 0.4) is 0 Å². The number of hydrogen-bond acceptors (Lipinski definition) is 8. The van der Waals surface area contributed by atoms with Gasteiger partial charge in [0.25, 0.3) is 0 Å². The number of hydrogen-bond donors (Lipinski definition) is 1. The molecule has 25 heavy (non-hydrogen) atoms. The van der Waals surface area contributed by atoms with E-state index in [-0.39, 0.29) is 11.5 Å². The van der Waals surface area contributed by atoms with Gasteiger partial charge in [-0.3, -0.25) is 10.1 Å². The van der Waals surface area contributed by atoms with E-state index in [0.717, 1.165) is 58.7 Å². The molecule has 3 heterocycles. The van der Waals surface area contributed by atoms with Gasteiger partial charge < -0.3 is 20.4 Å². The summed E-state index contributed by atoms with van der Waals surface area (Å²) < 4.78 is 0. The molecule has 3 rings (SSSR count). The fraction of sp³-hybridized carbons (Fsp3) is 0.750. The summed E-state index contributed by atoms with van der Waals surface area (Å²) in [5.41, 5.74) is 5.81. The molecule has 0 saturated carbocycles. The maximum Gasteiger partial charge on any atom is 0.353 e. The molecule has 1 aromatic heterocycles. The minimum absolute atomic E-state index is 0.0406. The minimum atomic E-state index is -0.456. The quantitative estimate of drug-likeness (QED) is 0.641. The molecule has 2 fully saturated rings. The van der Waals surface area contributed by atoms with E-state index in [1.807, 2.05) is 4.90 Å². The van der Waals surface area contributed by atoms with Crippen LogP contribution in [0.4, 0.5) is 23.3 Å². The van der Waals surface area contributed by atoms with E-state index < -0.39 is 4.92 Å². The van der Waals surface area contributed by atoms with Crippen LogP contribution in [0, 0.1) is 16.0 Å². The van der Waals surface area contributed by atoms with E-state index in [0.29, 0.717) is 17.7 Å². The Morgan fingerprint density at radius 3 is 2.52 bits per heavy atom. The summed E-state index contributed by atoms with van der Waals surface area (Å²) in [6, 6.07) is 0. The molecule has 9 nitrogen and oxygen atoms in total. The first-order valence-electron chi connectivity index (χ1n) is 9.03. The highest BCUT2D eigenvalue weighted by atomic mass is 16.6. The lowest BCUT2D eigenvalue weighted by Gasteiger charge is -2.35. The summed E-state index contributed by atoms with van der Waals surface area (Å²) in [4.78, 5) is 26.3. The predicted molar refractivity (Wildman–Crippen MR) is 98.0 cm³/mol. The van der Waals surface area contributed by atoms with Crippen LogP contribution in [0.2, 0.25) is 0 Å². The highest BCUT2D eigenvalue weighted by Gasteiger charge is 2.31. The molecule has 0 unspecified atom stereocenters. The SMILES string of the molecule is CCN1CCN(c2nc(N)c([N+](=O)[O-])c(N3CCC[C@H](C)C3)n2)CC1. The first kappa shape index (κ1) is 17.7. The van der Waals surface area contributed by atoms with Gasteiger partial charge in [-0.2, -0.15) is 9.97 Å². The summed E-state index contributed by atoms with van der Waals surface area (Å²) in [5.74, 6) is 1.33. The van der Waals surface area contributed by atoms with Crippen molar-refractivity contribution in [2.24, 2.45) is 5.92 Å². The Kier molecular flexibility index (Phi) is 5.22. The zero-order valence-electron chi connectivity index (χ0n) is 15.0. The highest BCUT2D eigenvalue weighted by molar-refractivity contribution is 5.71. The maximum atomic E-state index is 11.5. The molecule has 9 heteroatoms. The Balaban J connectivity index is 1.92. The van der Waals surface area contributed by atoms with E-state index in [1.165, 1.54) is 0 Å². The zero-order chi connectivity index (χ0) is 18.0. The number of likely N-dealkylation sites (N-methyl/N-ethyl adjacent to an activating group) is 1. The van der Waals surface area contributed by atoms with Crippen LogP contribution < -0.4 is 15.5 Å². The fourth-order valence-corrected chi connectivity index (χ4v) is 3.63. The maximum absolute atomic E-state index is 11.5. The van der Waals surface area contributed by atoms with Gasteiger partial charge in [0.05, 0.1) is 4.92 Å². The van der Waals surface area contributed by atoms with Crippen molar-refractivity contribution < 1.29 is 4.92 Å². The summed E-state index contributed by atoms with van der Waals surface area (Å²) in [6.07, 6.45) is 2.14. The van der Waals surface area contributed by atoms with Gasteiger partial charge in [0, 0.05) is 39.3 Å². The third-order valence-corrected chi connectivity index (χ3v) is 5.12. The molecule has 2 aliphatic heterocycles. The van der Waals surface area contributed by atoms with E-state index in [9.17, 15) is 10.1 Å². The lowest BCUT2D eigenvalue weighted by molar-refractivity contribution is -0.383. The first-order valence-corrected chi connectivity index (χ1v) is 9.03. The van der Waals surface area contributed by atoms with Crippen molar-refractivity contribution in [1.29, 1.82) is 0 Å². The number of piperidine rings is 1. The van der Waals surface area contributed by atoms with Gasteiger partial charge in [0.2, 0.25) is 17.6 Å². The van der Waals surface area contributed by atoms with Gasteiger partial charge in [0.15, 0.2) is 0 Å². The van der Waals surface area contributed by atoms with Gasteiger partial charge in [-0.25, -0.2) is 0 Å². The molecule has 2 N–H and O–H groups in total. The smallest absolute Gasteiger partial charge is 0.353 e. The number of piperazine rings is 1. The van der Waals surface area contributed by atoms with Crippen LogP contribution in [0.1, 0.15) is 26.7 Å². The third-order valence-electron chi connectivity index (χ3n) is 5.12. The number of nitrogens with zero attached hydrogens (tertiary/aromatic N) is 6. The molecular formula is C16H27N7O2. The van der Waals surface area contributed by atoms with Gasteiger partial charge in [-0.15, -0.1) is 0 Å². The third kappa shape index (κ3) is 3.76. The number of nitrogens with two attached hydrogens (primary N) is 1. The zero-order valence-corrected chi connectivity index (χ0v) is 15.0. The largest absolute Gasteiger partial charge is 0.378 e. The van der Waals surface area contributed by atoms with Gasteiger partial charge >= 0.3 is 5.69 Å². The average molecular weight is 349 g/mol. The van der Waals surface area contributed by atoms with E-state index in [2.05, 4.69) is 33.6 Å². The van der Waals surface area contributed by atoms with Crippen molar-refractivity contribution in [3.05, 3.63) is 10.1 Å². The Bertz CT molecular complexity index is 631. The van der Waals surface area contributed by atoms with E-state index in [1.54, 1.807) is 0 Å². The topological polar surface area (TPSA) is 105 Å². The molecule has 1 aromatic rings. The number of rotatable bonds is 4. The van der Waals surface area contributed by atoms with Crippen molar-refractivity contribution in [1.82, 2.24) is 14.9 Å². The first-order chi connectivity index (χ1) is 12.0. The number of nitro groups is 1. The van der Waals surface area contributed by atoms with Crippen LogP contribution in [-0.2, 0) is 0 Å². The van der Waals surface area contributed by atoms with Crippen LogP contribution in [0.15, 0.2) is 0 Å². The van der Waals surface area contributed by atoms with Crippen molar-refractivity contribution in [3.8, 4) is 0 Å². The van der Waals surface area contributed by atoms with Crippen molar-refractivity contribution in [3.63, 3.8) is 0 Å². The van der Waals surface area contributed by atoms with E-state index in [4.69, 9.17) is 5.73 Å². The lowest BCUT2D eigenvalue weighted by atomic mass is 10.0. The van der Waals surface area contributed by atoms with Crippen molar-refractivity contribution >= 4 is 23.3 Å². The Hall–Kier alpha value is -2.16. The standard InChI is InChI=1S/C16H27N7O2/c1-3-20-7-9-21(10-8-20)16-18-14(17)13(23(24)25)15(19-16)22-6-4-5-12(2)11-22/h12H,3-11H2,1-2H3,(H2,17,18,19)/t12-/m0/s1. The van der Waals surface area contributed by atoms with Crippen molar-refractivity contribution in [2.75, 3.05) is 61.3 Å². The summed E-state index contributed by atoms with van der Waals surface area (Å²) in [7, 11) is 0. The second-order valence-electron chi connectivity index (χ2n) is 6.95. The summed E-state index contributed by atoms with van der Waals surface area (Å²) >= 11 is 0. The van der Waals surface area contributed by atoms with Crippen LogP contribution in [0.25, 0.3) is 0 Å². The summed E-state index contributed by atoms with van der Waals surface area (Å²) in [6.45, 7) is 10.3. The molecule has 0 amide bonds. The molecule has 2 aliphatic rings. The molecule has 0 bridgehead atoms. The molecule has 0 spiro atoms. The van der Waals surface area contributed by atoms with Gasteiger partial charge in [-0.1, -0.05) is 13.8 Å². The van der Waals surface area contributed by atoms with Crippen LogP contribution in [0.5, 0.6) is 0 Å². The second-order valence-corrected chi connectivity index (χ2v) is 6.95. The molecule has 2 saturated heterocycles. The Labute approximate surface area is 148 Å². The molecule has 0 aliphatic carbocycles. The van der Waals surface area contributed by atoms with Gasteiger partial charge in [0.1, 0.15) is 0 Å². The van der Waals surface area contributed by atoms with E-state index >= 15 is 0 Å². The van der Waals surface area contributed by atoms with Gasteiger partial charge in [-0.05, 0) is 25.3 Å². The van der Waals surface area contributed by atoms with Crippen LogP contribution >= 0.6 is 0 Å². The number of aromatic nitrogens is 2. The summed E-state index contributed by atoms with van der Waals surface area (Å²) in [5, 5.41) is 11.5. The molecule has 138 valence electrons.